The lowest BCUT2D eigenvalue weighted by atomic mass is 10.2. The van der Waals surface area contributed by atoms with Crippen LogP contribution >= 0.6 is 11.8 Å². The average Bonchev–Trinajstić information content (AvgIpc) is 3.01. The maximum Gasteiger partial charge on any atom is 0.265 e. The Morgan fingerprint density at radius 1 is 1.25 bits per heavy atom. The fraction of sp³-hybridized carbons (Fsp3) is 0.308. The largest absolute Gasteiger partial charge is 0.431 e. The summed E-state index contributed by atoms with van der Waals surface area (Å²) in [6, 6.07) is 5.93. The molecule has 0 spiro atoms. The number of benzene rings is 1. The Morgan fingerprint density at radius 3 is 2.85 bits per heavy atom. The molecule has 0 saturated carbocycles. The fourth-order valence-corrected chi connectivity index (χ4v) is 2.36. The Bertz CT molecular complexity index is 735. The predicted molar refractivity (Wildman–Crippen MR) is 76.9 cm³/mol. The second-order valence-electron chi connectivity index (χ2n) is 4.62. The molecule has 7 heteroatoms. The summed E-state index contributed by atoms with van der Waals surface area (Å²) in [5.74, 6) is 1.65. The van der Waals surface area contributed by atoms with Crippen molar-refractivity contribution in [1.29, 1.82) is 0 Å². The van der Waals surface area contributed by atoms with Gasteiger partial charge in [0.25, 0.3) is 11.2 Å². The van der Waals surface area contributed by atoms with Crippen LogP contribution in [0.4, 0.5) is 5.95 Å². The second kappa shape index (κ2) is 5.16. The van der Waals surface area contributed by atoms with Gasteiger partial charge in [-0.2, -0.15) is 4.98 Å². The molecule has 0 atom stereocenters. The van der Waals surface area contributed by atoms with Gasteiger partial charge in [0, 0.05) is 14.1 Å². The summed E-state index contributed by atoms with van der Waals surface area (Å²) in [5.41, 5.74) is 2.82. The van der Waals surface area contributed by atoms with Gasteiger partial charge in [-0.25, -0.2) is 4.98 Å². The van der Waals surface area contributed by atoms with Crippen LogP contribution in [0.3, 0.4) is 0 Å². The van der Waals surface area contributed by atoms with Crippen LogP contribution in [-0.2, 0) is 5.75 Å². The van der Waals surface area contributed by atoms with Gasteiger partial charge in [-0.15, -0.1) is 0 Å². The number of anilines is 1. The molecule has 0 aliphatic heterocycles. The molecular weight excluding hydrogens is 276 g/mol. The van der Waals surface area contributed by atoms with Crippen LogP contribution in [0.25, 0.3) is 11.1 Å². The standard InChI is InChI=1S/C13H14N4O2S/c1-8-4-5-10-9(6-8)14-13(18-10)20-7-11-15-12(16-19-11)17(2)3/h4-6H,7H2,1-3H3. The maximum atomic E-state index is 5.65. The Kier molecular flexibility index (Phi) is 3.35. The highest BCUT2D eigenvalue weighted by atomic mass is 32.2. The molecule has 0 amide bonds. The summed E-state index contributed by atoms with van der Waals surface area (Å²) in [7, 11) is 3.73. The number of nitrogens with zero attached hydrogens (tertiary/aromatic N) is 4. The third-order valence-corrected chi connectivity index (χ3v) is 3.51. The molecule has 0 aliphatic carbocycles. The number of hydrogen-bond donors (Lipinski definition) is 0. The van der Waals surface area contributed by atoms with Gasteiger partial charge in [-0.3, -0.25) is 0 Å². The Balaban J connectivity index is 1.72. The van der Waals surface area contributed by atoms with E-state index in [1.807, 2.05) is 39.2 Å². The summed E-state index contributed by atoms with van der Waals surface area (Å²) in [6.45, 7) is 2.03. The first-order valence-electron chi connectivity index (χ1n) is 6.12. The van der Waals surface area contributed by atoms with Gasteiger partial charge >= 0.3 is 0 Å². The highest BCUT2D eigenvalue weighted by Crippen LogP contribution is 2.26. The van der Waals surface area contributed by atoms with E-state index in [0.29, 0.717) is 22.8 Å². The van der Waals surface area contributed by atoms with Crippen molar-refractivity contribution >= 4 is 28.8 Å². The Labute approximate surface area is 120 Å². The van der Waals surface area contributed by atoms with E-state index in [9.17, 15) is 0 Å². The summed E-state index contributed by atoms with van der Waals surface area (Å²) in [5, 5.41) is 4.46. The summed E-state index contributed by atoms with van der Waals surface area (Å²) >= 11 is 1.44. The van der Waals surface area contributed by atoms with Gasteiger partial charge in [0.1, 0.15) is 5.52 Å². The first-order chi connectivity index (χ1) is 9.61. The zero-order chi connectivity index (χ0) is 14.1. The molecular formula is C13H14N4O2S. The van der Waals surface area contributed by atoms with Crippen molar-refractivity contribution in [2.24, 2.45) is 0 Å². The molecule has 104 valence electrons. The fourth-order valence-electron chi connectivity index (χ4n) is 1.69. The zero-order valence-corrected chi connectivity index (χ0v) is 12.3. The number of hydrogen-bond acceptors (Lipinski definition) is 7. The topological polar surface area (TPSA) is 68.2 Å². The lowest BCUT2D eigenvalue weighted by Gasteiger charge is -2.02. The van der Waals surface area contributed by atoms with Crippen LogP contribution in [-0.4, -0.2) is 29.2 Å². The molecule has 0 saturated heterocycles. The van der Waals surface area contributed by atoms with Crippen LogP contribution < -0.4 is 4.90 Å². The van der Waals surface area contributed by atoms with Gasteiger partial charge in [0.05, 0.1) is 5.75 Å². The quantitative estimate of drug-likeness (QED) is 0.684. The van der Waals surface area contributed by atoms with Crippen molar-refractivity contribution in [2.45, 2.75) is 17.9 Å². The minimum Gasteiger partial charge on any atom is -0.431 e. The van der Waals surface area contributed by atoms with Crippen LogP contribution in [0.2, 0.25) is 0 Å². The normalized spacial score (nSPS) is 11.2. The van der Waals surface area contributed by atoms with Gasteiger partial charge in [0.15, 0.2) is 5.58 Å². The van der Waals surface area contributed by atoms with Crippen LogP contribution in [0.1, 0.15) is 11.5 Å². The predicted octanol–water partition coefficient (Wildman–Crippen LogP) is 2.88. The van der Waals surface area contributed by atoms with E-state index in [1.165, 1.54) is 11.8 Å². The average molecular weight is 290 g/mol. The molecule has 6 nitrogen and oxygen atoms in total. The van der Waals surface area contributed by atoms with E-state index in [0.717, 1.165) is 16.7 Å². The minimum absolute atomic E-state index is 0.534. The van der Waals surface area contributed by atoms with E-state index in [4.69, 9.17) is 8.94 Å². The van der Waals surface area contributed by atoms with Crippen LogP contribution in [0.5, 0.6) is 0 Å². The van der Waals surface area contributed by atoms with Crippen molar-refractivity contribution in [3.05, 3.63) is 29.7 Å². The van der Waals surface area contributed by atoms with Crippen molar-refractivity contribution in [3.63, 3.8) is 0 Å². The third kappa shape index (κ3) is 2.62. The smallest absolute Gasteiger partial charge is 0.265 e. The molecule has 2 heterocycles. The molecule has 20 heavy (non-hydrogen) atoms. The second-order valence-corrected chi connectivity index (χ2v) is 5.55. The molecule has 1 aromatic carbocycles. The van der Waals surface area contributed by atoms with Crippen molar-refractivity contribution in [1.82, 2.24) is 15.1 Å². The highest BCUT2D eigenvalue weighted by molar-refractivity contribution is 7.98. The van der Waals surface area contributed by atoms with Gasteiger partial charge in [0.2, 0.25) is 5.89 Å². The van der Waals surface area contributed by atoms with Gasteiger partial charge in [-0.1, -0.05) is 17.8 Å². The number of fused-ring (bicyclic) bond motifs is 1. The number of oxazole rings is 1. The first-order valence-corrected chi connectivity index (χ1v) is 7.10. The lowest BCUT2D eigenvalue weighted by Crippen LogP contribution is -2.10. The zero-order valence-electron chi connectivity index (χ0n) is 11.5. The molecule has 3 rings (SSSR count). The van der Waals surface area contributed by atoms with E-state index < -0.39 is 0 Å². The monoisotopic (exact) mass is 290 g/mol. The minimum atomic E-state index is 0.534. The van der Waals surface area contributed by atoms with Crippen molar-refractivity contribution < 1.29 is 8.94 Å². The maximum absolute atomic E-state index is 5.65. The number of aromatic nitrogens is 3. The van der Waals surface area contributed by atoms with E-state index in [2.05, 4.69) is 15.1 Å². The highest BCUT2D eigenvalue weighted by Gasteiger charge is 2.11. The molecule has 0 bridgehead atoms. The van der Waals surface area contributed by atoms with E-state index in [1.54, 1.807) is 4.90 Å². The molecule has 0 fully saturated rings. The molecule has 3 aromatic rings. The third-order valence-electron chi connectivity index (χ3n) is 2.70. The molecule has 2 aromatic heterocycles. The number of rotatable bonds is 4. The van der Waals surface area contributed by atoms with Crippen LogP contribution in [0, 0.1) is 6.92 Å². The lowest BCUT2D eigenvalue weighted by molar-refractivity contribution is 0.390. The number of aryl methyl sites for hydroxylation is 1. The van der Waals surface area contributed by atoms with Crippen LogP contribution in [0.15, 0.2) is 32.4 Å². The summed E-state index contributed by atoms with van der Waals surface area (Å²) < 4.78 is 10.8. The van der Waals surface area contributed by atoms with Crippen molar-refractivity contribution in [3.8, 4) is 0 Å². The molecule has 0 aliphatic rings. The number of thioether (sulfide) groups is 1. The molecule has 0 N–H and O–H groups in total. The van der Waals surface area contributed by atoms with Crippen molar-refractivity contribution in [2.75, 3.05) is 19.0 Å². The summed E-state index contributed by atoms with van der Waals surface area (Å²) in [6.07, 6.45) is 0. The Morgan fingerprint density at radius 2 is 2.10 bits per heavy atom. The molecule has 0 radical (unpaired) electrons. The summed E-state index contributed by atoms with van der Waals surface area (Å²) in [4.78, 5) is 10.5. The van der Waals surface area contributed by atoms with Gasteiger partial charge in [-0.05, 0) is 29.8 Å². The van der Waals surface area contributed by atoms with E-state index >= 15 is 0 Å². The first kappa shape index (κ1) is 13.0. The van der Waals surface area contributed by atoms with E-state index in [-0.39, 0.29) is 0 Å². The Hall–Kier alpha value is -2.02. The molecule has 0 unspecified atom stereocenters. The van der Waals surface area contributed by atoms with Gasteiger partial charge < -0.3 is 13.8 Å². The SMILES string of the molecule is Cc1ccc2oc(SCc3nc(N(C)C)no3)nc2c1.